The molecule has 29 heavy (non-hydrogen) atoms. The summed E-state index contributed by atoms with van der Waals surface area (Å²) in [6.45, 7) is 11.3. The average molecular weight is 403 g/mol. The van der Waals surface area contributed by atoms with E-state index in [2.05, 4.69) is 48.5 Å². The monoisotopic (exact) mass is 402 g/mol. The number of aliphatic imine (C=N–C) groups is 1. The number of piperidine rings is 1. The van der Waals surface area contributed by atoms with Crippen LogP contribution in [0.4, 0.5) is 0 Å². The van der Waals surface area contributed by atoms with Gasteiger partial charge in [0, 0.05) is 38.6 Å². The van der Waals surface area contributed by atoms with Gasteiger partial charge in [-0.1, -0.05) is 26.0 Å². The fourth-order valence-electron chi connectivity index (χ4n) is 3.85. The summed E-state index contributed by atoms with van der Waals surface area (Å²) in [4.78, 5) is 19.0. The van der Waals surface area contributed by atoms with Gasteiger partial charge in [-0.2, -0.15) is 0 Å². The fourth-order valence-corrected chi connectivity index (χ4v) is 3.85. The summed E-state index contributed by atoms with van der Waals surface area (Å²) in [5, 5.41) is 6.91. The molecule has 1 saturated heterocycles. The van der Waals surface area contributed by atoms with Crippen LogP contribution in [0.15, 0.2) is 23.2 Å². The van der Waals surface area contributed by atoms with E-state index in [0.717, 1.165) is 56.0 Å². The largest absolute Gasteiger partial charge is 0.494 e. The van der Waals surface area contributed by atoms with Gasteiger partial charge in [0.1, 0.15) is 5.75 Å². The summed E-state index contributed by atoms with van der Waals surface area (Å²) < 4.78 is 5.61. The molecule has 162 valence electrons. The van der Waals surface area contributed by atoms with Crippen molar-refractivity contribution < 1.29 is 9.53 Å². The minimum atomic E-state index is 0.173. The Kier molecular flexibility index (Phi) is 9.29. The summed E-state index contributed by atoms with van der Waals surface area (Å²) in [5.41, 5.74) is 2.34. The number of nitrogens with one attached hydrogen (secondary N) is 2. The number of benzene rings is 1. The lowest BCUT2D eigenvalue weighted by Crippen LogP contribution is -2.50. The van der Waals surface area contributed by atoms with E-state index in [1.54, 1.807) is 7.05 Å². The second-order valence-electron chi connectivity index (χ2n) is 7.72. The van der Waals surface area contributed by atoms with Gasteiger partial charge in [-0.15, -0.1) is 0 Å². The zero-order chi connectivity index (χ0) is 21.2. The first kappa shape index (κ1) is 23.0. The lowest BCUT2D eigenvalue weighted by molar-refractivity contribution is -0.136. The molecule has 6 heteroatoms. The summed E-state index contributed by atoms with van der Waals surface area (Å²) in [5.74, 6) is 2.24. The van der Waals surface area contributed by atoms with E-state index in [-0.39, 0.29) is 5.92 Å². The molecule has 0 saturated carbocycles. The second kappa shape index (κ2) is 11.7. The molecule has 2 rings (SSSR count). The number of amides is 1. The van der Waals surface area contributed by atoms with Crippen LogP contribution < -0.4 is 15.4 Å². The van der Waals surface area contributed by atoms with Gasteiger partial charge in [0.25, 0.3) is 0 Å². The highest BCUT2D eigenvalue weighted by atomic mass is 16.5. The third-order valence-corrected chi connectivity index (χ3v) is 5.71. The Labute approximate surface area is 176 Å². The number of guanidine groups is 1. The topological polar surface area (TPSA) is 66.0 Å². The van der Waals surface area contributed by atoms with Crippen molar-refractivity contribution in [1.82, 2.24) is 15.5 Å². The molecule has 1 aliphatic rings. The van der Waals surface area contributed by atoms with Crippen molar-refractivity contribution in [3.8, 4) is 5.75 Å². The van der Waals surface area contributed by atoms with Gasteiger partial charge in [0.05, 0.1) is 6.61 Å². The highest BCUT2D eigenvalue weighted by Gasteiger charge is 2.26. The molecule has 1 heterocycles. The Hall–Kier alpha value is -2.24. The zero-order valence-electron chi connectivity index (χ0n) is 18.8. The number of likely N-dealkylation sites (tertiary alicyclic amines) is 1. The molecule has 0 radical (unpaired) electrons. The van der Waals surface area contributed by atoms with Crippen LogP contribution in [0.3, 0.4) is 0 Å². The first-order valence-electron chi connectivity index (χ1n) is 11.0. The summed E-state index contributed by atoms with van der Waals surface area (Å²) >= 11 is 0. The van der Waals surface area contributed by atoms with E-state index >= 15 is 0 Å². The van der Waals surface area contributed by atoms with Gasteiger partial charge in [0.15, 0.2) is 5.96 Å². The highest BCUT2D eigenvalue weighted by molar-refractivity contribution is 5.80. The van der Waals surface area contributed by atoms with Gasteiger partial charge in [-0.25, -0.2) is 0 Å². The third-order valence-electron chi connectivity index (χ3n) is 5.71. The standard InChI is InChI=1S/C23H38N4O2/c1-6-19(7-2)22(28)27-13-11-20(12-14-27)26-23(24-5)25-16-18-9-10-21(29-8-3)17(4)15-18/h9-10,15,19-20H,6-8,11-14,16H2,1-5H3,(H2,24,25,26). The maximum absolute atomic E-state index is 12.6. The first-order valence-corrected chi connectivity index (χ1v) is 11.0. The number of nitrogens with zero attached hydrogens (tertiary/aromatic N) is 2. The molecule has 0 bridgehead atoms. The normalized spacial score (nSPS) is 15.5. The predicted molar refractivity (Wildman–Crippen MR) is 119 cm³/mol. The summed E-state index contributed by atoms with van der Waals surface area (Å²) in [7, 11) is 1.80. The van der Waals surface area contributed by atoms with Crippen LogP contribution in [-0.4, -0.2) is 49.6 Å². The van der Waals surface area contributed by atoms with E-state index in [1.807, 2.05) is 17.9 Å². The van der Waals surface area contributed by atoms with Crippen molar-refractivity contribution in [3.63, 3.8) is 0 Å². The van der Waals surface area contributed by atoms with Crippen molar-refractivity contribution in [1.29, 1.82) is 0 Å². The average Bonchev–Trinajstić information content (AvgIpc) is 2.74. The quantitative estimate of drug-likeness (QED) is 0.516. The van der Waals surface area contributed by atoms with E-state index in [9.17, 15) is 4.79 Å². The molecular formula is C23H38N4O2. The minimum absolute atomic E-state index is 0.173. The molecule has 0 atom stereocenters. The Morgan fingerprint density at radius 1 is 1.24 bits per heavy atom. The number of hydrogen-bond donors (Lipinski definition) is 2. The first-order chi connectivity index (χ1) is 14.0. The molecule has 1 aromatic carbocycles. The zero-order valence-corrected chi connectivity index (χ0v) is 18.8. The molecule has 0 spiro atoms. The number of hydrogen-bond acceptors (Lipinski definition) is 3. The van der Waals surface area contributed by atoms with Gasteiger partial charge in [0.2, 0.25) is 5.91 Å². The Bertz CT molecular complexity index is 677. The van der Waals surface area contributed by atoms with E-state index in [4.69, 9.17) is 4.74 Å². The number of ether oxygens (including phenoxy) is 1. The number of carbonyl (C=O) groups excluding carboxylic acids is 1. The molecule has 2 N–H and O–H groups in total. The van der Waals surface area contributed by atoms with Gasteiger partial charge in [-0.05, 0) is 56.7 Å². The van der Waals surface area contributed by atoms with Gasteiger partial charge >= 0.3 is 0 Å². The van der Waals surface area contributed by atoms with Gasteiger partial charge in [-0.3, -0.25) is 9.79 Å². The van der Waals surface area contributed by atoms with Crippen molar-refractivity contribution in [2.75, 3.05) is 26.7 Å². The Morgan fingerprint density at radius 3 is 2.48 bits per heavy atom. The maximum Gasteiger partial charge on any atom is 0.225 e. The molecule has 1 fully saturated rings. The van der Waals surface area contributed by atoms with E-state index in [0.29, 0.717) is 25.1 Å². The lowest BCUT2D eigenvalue weighted by atomic mass is 9.98. The molecule has 0 aromatic heterocycles. The fraction of sp³-hybridized carbons (Fsp3) is 0.652. The van der Waals surface area contributed by atoms with Crippen LogP contribution in [0.5, 0.6) is 5.75 Å². The molecule has 0 aliphatic carbocycles. The lowest BCUT2D eigenvalue weighted by Gasteiger charge is -2.34. The van der Waals surface area contributed by atoms with Crippen molar-refractivity contribution in [3.05, 3.63) is 29.3 Å². The van der Waals surface area contributed by atoms with Crippen LogP contribution in [0.25, 0.3) is 0 Å². The smallest absolute Gasteiger partial charge is 0.225 e. The van der Waals surface area contributed by atoms with E-state index < -0.39 is 0 Å². The number of rotatable bonds is 8. The second-order valence-corrected chi connectivity index (χ2v) is 7.72. The van der Waals surface area contributed by atoms with Crippen LogP contribution in [0, 0.1) is 12.8 Å². The Morgan fingerprint density at radius 2 is 1.93 bits per heavy atom. The van der Waals surface area contributed by atoms with Crippen LogP contribution in [-0.2, 0) is 11.3 Å². The molecular weight excluding hydrogens is 364 g/mol. The molecule has 1 aliphatic heterocycles. The van der Waals surface area contributed by atoms with Crippen LogP contribution in [0.2, 0.25) is 0 Å². The Balaban J connectivity index is 1.81. The molecule has 1 aromatic rings. The van der Waals surface area contributed by atoms with Crippen molar-refractivity contribution >= 4 is 11.9 Å². The SMILES string of the molecule is CCOc1ccc(CNC(=NC)NC2CCN(C(=O)C(CC)CC)CC2)cc1C. The van der Waals surface area contributed by atoms with Crippen LogP contribution >= 0.6 is 0 Å². The minimum Gasteiger partial charge on any atom is -0.494 e. The van der Waals surface area contributed by atoms with E-state index in [1.165, 1.54) is 5.56 Å². The summed E-state index contributed by atoms with van der Waals surface area (Å²) in [6.07, 6.45) is 3.76. The third kappa shape index (κ3) is 6.65. The molecule has 6 nitrogen and oxygen atoms in total. The number of aryl methyl sites for hydroxylation is 1. The van der Waals surface area contributed by atoms with Crippen molar-refractivity contribution in [2.45, 2.75) is 66.0 Å². The maximum atomic E-state index is 12.6. The van der Waals surface area contributed by atoms with Gasteiger partial charge < -0.3 is 20.3 Å². The van der Waals surface area contributed by atoms with Crippen molar-refractivity contribution in [2.24, 2.45) is 10.9 Å². The molecule has 0 unspecified atom stereocenters. The van der Waals surface area contributed by atoms with Crippen LogP contribution in [0.1, 0.15) is 57.6 Å². The predicted octanol–water partition coefficient (Wildman–Crippen LogP) is 3.49. The highest BCUT2D eigenvalue weighted by Crippen LogP contribution is 2.19. The summed E-state index contributed by atoms with van der Waals surface area (Å²) in [6, 6.07) is 6.60. The molecule has 1 amide bonds. The number of carbonyl (C=O) groups is 1.